The lowest BCUT2D eigenvalue weighted by molar-refractivity contribution is -0.136. The highest BCUT2D eigenvalue weighted by Gasteiger charge is 2.34. The number of carbonyl (C=O) groups excluding carboxylic acids is 8. The van der Waals surface area contributed by atoms with Crippen molar-refractivity contribution in [1.29, 1.82) is 0 Å². The van der Waals surface area contributed by atoms with Crippen molar-refractivity contribution in [2.75, 3.05) is 13.1 Å². The van der Waals surface area contributed by atoms with Crippen molar-refractivity contribution in [3.05, 3.63) is 90.1 Å². The molecule has 8 amide bonds. The topological polar surface area (TPSA) is 356 Å². The Morgan fingerprint density at radius 2 is 1.39 bits per heavy atom. The van der Waals surface area contributed by atoms with E-state index in [9.17, 15) is 38.4 Å². The lowest BCUT2D eigenvalue weighted by atomic mass is 10.0. The molecule has 376 valence electrons. The highest BCUT2D eigenvalue weighted by molar-refractivity contribution is 5.98. The first-order valence-electron chi connectivity index (χ1n) is 23.7. The minimum atomic E-state index is -1.40. The van der Waals surface area contributed by atoms with Gasteiger partial charge in [0.2, 0.25) is 47.3 Å². The average Bonchev–Trinajstić information content (AvgIpc) is 4.01. The Bertz CT molecular complexity index is 2420. The van der Waals surface area contributed by atoms with Crippen molar-refractivity contribution in [2.45, 2.75) is 127 Å². The summed E-state index contributed by atoms with van der Waals surface area (Å²) in [6.07, 6.45) is 7.00. The molecule has 1 saturated heterocycles. The molecule has 3 heterocycles. The number of hydrogen-bond donors (Lipinski definition) is 12. The van der Waals surface area contributed by atoms with Gasteiger partial charge in [-0.05, 0) is 55.7 Å². The first-order valence-corrected chi connectivity index (χ1v) is 23.7. The fourth-order valence-corrected chi connectivity index (χ4v) is 8.00. The first-order chi connectivity index (χ1) is 33.7. The summed E-state index contributed by atoms with van der Waals surface area (Å²) in [4.78, 5) is 125. The number of unbranched alkanes of at least 4 members (excludes halogenated alkanes) is 2. The fourth-order valence-electron chi connectivity index (χ4n) is 8.00. The van der Waals surface area contributed by atoms with Crippen molar-refractivity contribution in [2.24, 2.45) is 22.2 Å². The number of hydrogen-bond acceptors (Lipinski definition) is 10. The summed E-state index contributed by atoms with van der Waals surface area (Å²) in [6, 6.07) is 8.25. The maximum absolute atomic E-state index is 14.6. The van der Waals surface area contributed by atoms with Gasteiger partial charge in [0, 0.05) is 67.8 Å². The Labute approximate surface area is 405 Å². The zero-order chi connectivity index (χ0) is 50.4. The second kappa shape index (κ2) is 27.3. The van der Waals surface area contributed by atoms with Gasteiger partial charge >= 0.3 is 0 Å². The van der Waals surface area contributed by atoms with Crippen LogP contribution in [-0.2, 0) is 57.6 Å². The molecule has 2 aromatic heterocycles. The number of amides is 8. The number of para-hydroxylation sites is 1. The largest absolute Gasteiger partial charge is 0.370 e. The summed E-state index contributed by atoms with van der Waals surface area (Å²) >= 11 is 0. The number of fused-ring (bicyclic) bond motifs is 1. The van der Waals surface area contributed by atoms with E-state index in [1.165, 1.54) is 12.5 Å². The molecule has 5 rings (SSSR count). The van der Waals surface area contributed by atoms with Gasteiger partial charge in [0.15, 0.2) is 5.96 Å². The maximum Gasteiger partial charge on any atom is 0.243 e. The van der Waals surface area contributed by atoms with Crippen LogP contribution in [0.4, 0.5) is 0 Å². The molecule has 2 unspecified atom stereocenters. The molecule has 1 aliphatic heterocycles. The minimum Gasteiger partial charge on any atom is -0.370 e. The van der Waals surface area contributed by atoms with Gasteiger partial charge < -0.3 is 64.4 Å². The number of aromatic nitrogens is 3. The summed E-state index contributed by atoms with van der Waals surface area (Å²) in [6.45, 7) is 2.17. The number of guanidine groups is 1. The monoisotopic (exact) mass is 967 g/mol. The van der Waals surface area contributed by atoms with Gasteiger partial charge in [-0.15, -0.1) is 0 Å². The third-order valence-electron chi connectivity index (χ3n) is 11.8. The molecule has 70 heavy (non-hydrogen) atoms. The van der Waals surface area contributed by atoms with Gasteiger partial charge in [-0.2, -0.15) is 0 Å². The van der Waals surface area contributed by atoms with E-state index in [2.05, 4.69) is 57.2 Å². The maximum atomic E-state index is 14.6. The number of aromatic amines is 2. The molecule has 0 radical (unpaired) electrons. The molecule has 15 N–H and O–H groups in total. The number of H-pyrrole nitrogens is 2. The molecule has 0 saturated carbocycles. The zero-order valence-corrected chi connectivity index (χ0v) is 39.4. The molecule has 4 aromatic rings. The van der Waals surface area contributed by atoms with Crippen molar-refractivity contribution in [1.82, 2.24) is 52.2 Å². The van der Waals surface area contributed by atoms with Crippen LogP contribution < -0.4 is 54.4 Å². The number of imidazole rings is 1. The third-order valence-corrected chi connectivity index (χ3v) is 11.8. The molecule has 0 bridgehead atoms. The Morgan fingerprint density at radius 1 is 0.729 bits per heavy atom. The van der Waals surface area contributed by atoms with E-state index in [1.54, 1.807) is 36.5 Å². The van der Waals surface area contributed by atoms with Crippen LogP contribution in [0.1, 0.15) is 88.0 Å². The Kier molecular flexibility index (Phi) is 20.7. The number of nitrogens with one attached hydrogen (secondary N) is 9. The second-order valence-corrected chi connectivity index (χ2v) is 17.3. The van der Waals surface area contributed by atoms with E-state index in [0.717, 1.165) is 23.7 Å². The Morgan fingerprint density at radius 3 is 2.09 bits per heavy atom. The fraction of sp³-hybridized carbons (Fsp3) is 0.458. The van der Waals surface area contributed by atoms with Crippen molar-refractivity contribution in [3.63, 3.8) is 0 Å². The van der Waals surface area contributed by atoms with E-state index in [0.29, 0.717) is 36.1 Å². The molecular formula is C48H66N14O8. The van der Waals surface area contributed by atoms with E-state index in [1.807, 2.05) is 31.2 Å². The zero-order valence-electron chi connectivity index (χ0n) is 39.4. The molecule has 6 atom stereocenters. The summed E-state index contributed by atoms with van der Waals surface area (Å²) in [7, 11) is 0. The number of rotatable bonds is 16. The normalized spacial score (nSPS) is 21.5. The van der Waals surface area contributed by atoms with Crippen molar-refractivity contribution in [3.8, 4) is 0 Å². The molecule has 1 aliphatic rings. The molecule has 0 aliphatic carbocycles. The van der Waals surface area contributed by atoms with Gasteiger partial charge in [0.05, 0.1) is 12.7 Å². The number of nitrogens with two attached hydrogens (primary N) is 3. The molecule has 1 fully saturated rings. The average molecular weight is 967 g/mol. The summed E-state index contributed by atoms with van der Waals surface area (Å²) < 4.78 is 0. The minimum absolute atomic E-state index is 0.0253. The number of primary amides is 1. The van der Waals surface area contributed by atoms with Crippen LogP contribution in [-0.4, -0.2) is 118 Å². The number of nitrogens with zero attached hydrogens (tertiary/aromatic N) is 2. The lowest BCUT2D eigenvalue weighted by Crippen LogP contribution is -2.60. The van der Waals surface area contributed by atoms with Crippen LogP contribution in [0.5, 0.6) is 0 Å². The molecule has 0 spiro atoms. The van der Waals surface area contributed by atoms with Crippen molar-refractivity contribution < 1.29 is 38.4 Å². The van der Waals surface area contributed by atoms with Crippen molar-refractivity contribution >= 4 is 64.1 Å². The number of aliphatic imine (C=N–C) groups is 1. The van der Waals surface area contributed by atoms with Gasteiger partial charge in [0.1, 0.15) is 36.3 Å². The highest BCUT2D eigenvalue weighted by atomic mass is 16.2. The summed E-state index contributed by atoms with van der Waals surface area (Å²) in [5, 5.41) is 19.9. The van der Waals surface area contributed by atoms with Gasteiger partial charge in [-0.1, -0.05) is 68.3 Å². The van der Waals surface area contributed by atoms with E-state index < -0.39 is 89.9 Å². The predicted octanol–water partition coefficient (Wildman–Crippen LogP) is -0.363. The molecule has 22 heteroatoms. The van der Waals surface area contributed by atoms with Crippen LogP contribution >= 0.6 is 0 Å². The molecule has 22 nitrogen and oxygen atoms in total. The summed E-state index contributed by atoms with van der Waals surface area (Å²) in [5.41, 5.74) is 19.5. The molecular weight excluding hydrogens is 901 g/mol. The van der Waals surface area contributed by atoms with Gasteiger partial charge in [-0.25, -0.2) is 4.98 Å². The van der Waals surface area contributed by atoms with Crippen LogP contribution in [0.2, 0.25) is 0 Å². The second-order valence-electron chi connectivity index (χ2n) is 17.3. The van der Waals surface area contributed by atoms with E-state index in [4.69, 9.17) is 17.2 Å². The molecule has 2 aromatic carbocycles. The van der Waals surface area contributed by atoms with Crippen LogP contribution in [0.25, 0.3) is 10.9 Å². The highest BCUT2D eigenvalue weighted by Crippen LogP contribution is 2.20. The predicted molar refractivity (Wildman–Crippen MR) is 261 cm³/mol. The van der Waals surface area contributed by atoms with Gasteiger partial charge in [0.25, 0.3) is 0 Å². The van der Waals surface area contributed by atoms with Crippen LogP contribution in [0.3, 0.4) is 0 Å². The van der Waals surface area contributed by atoms with E-state index in [-0.39, 0.29) is 64.0 Å². The number of carbonyl (C=O) groups is 8. The van der Waals surface area contributed by atoms with Gasteiger partial charge in [-0.3, -0.25) is 43.3 Å². The SMILES string of the molecule is CCCCCC(=O)NC1CC(=O)NCCCC[C@@H](C(N)=O)NC(=O)[C@H](Cc2c[nH]c3ccccc23)NC(=O)[C@H](CCCN=C(N)N)NC(=O)[C@@H](Cc2ccccc2)NC(=O)C(Cc2cnc[nH]2)NC1=O. The van der Waals surface area contributed by atoms with Crippen LogP contribution in [0.15, 0.2) is 78.3 Å². The first kappa shape index (κ1) is 53.2. The van der Waals surface area contributed by atoms with E-state index >= 15 is 0 Å². The van der Waals surface area contributed by atoms with Crippen LogP contribution in [0, 0.1) is 0 Å². The quantitative estimate of drug-likeness (QED) is 0.0391. The third kappa shape index (κ3) is 17.1. The standard InChI is InChI=1S/C48H66N14O8/c1-2-3-5-19-40(63)57-39-25-41(64)53-20-11-10-17-34(42(49)65)58-45(68)37(23-30-26-55-33-16-9-8-15-32(30)33)61-43(66)35(18-12-21-54-48(50)51)59-44(67)36(22-29-13-6-4-7-14-29)60-46(69)38(62-47(39)70)24-31-27-52-28-56-31/h4,6-9,13-16,26-28,34-39,55H,2-3,5,10-12,17-25H2,1H3,(H2,49,65)(H,52,56)(H,53,64)(H,57,63)(H,58,68)(H,59,67)(H,60,69)(H,61,66)(H,62,70)(H4,50,51,54)/t34-,35-,36+,37-,38?,39?/m0/s1. The Hall–Kier alpha value is -7.78. The lowest BCUT2D eigenvalue weighted by Gasteiger charge is -2.27. The number of benzene rings is 2. The summed E-state index contributed by atoms with van der Waals surface area (Å²) in [5.74, 6) is -5.97. The smallest absolute Gasteiger partial charge is 0.243 e. The Balaban J connectivity index is 1.53.